The average molecular weight is 284 g/mol. The average Bonchev–Trinajstić information content (AvgIpc) is 2.49. The molecule has 0 saturated heterocycles. The number of nitrogens with zero attached hydrogens (tertiary/aromatic N) is 1. The lowest BCUT2D eigenvalue weighted by Crippen LogP contribution is -2.28. The Labute approximate surface area is 127 Å². The first-order valence-corrected chi connectivity index (χ1v) is 7.50. The lowest BCUT2D eigenvalue weighted by atomic mass is 9.99. The summed E-state index contributed by atoms with van der Waals surface area (Å²) in [5, 5.41) is 0. The van der Waals surface area contributed by atoms with Crippen LogP contribution in [0.4, 0.5) is 0 Å². The molecule has 0 spiro atoms. The number of rotatable bonds is 7. The first kappa shape index (κ1) is 15.7. The fraction of sp³-hybridized carbons (Fsp3) is 0.389. The summed E-state index contributed by atoms with van der Waals surface area (Å²) >= 11 is 0. The Kier molecular flexibility index (Phi) is 5.90. The van der Waals surface area contributed by atoms with Gasteiger partial charge >= 0.3 is 0 Å². The summed E-state index contributed by atoms with van der Waals surface area (Å²) in [6.45, 7) is 4.81. The minimum Gasteiger partial charge on any atom is -0.372 e. The van der Waals surface area contributed by atoms with Gasteiger partial charge in [0.15, 0.2) is 0 Å². The molecule has 0 saturated carbocycles. The van der Waals surface area contributed by atoms with Crippen molar-refractivity contribution in [2.24, 2.45) is 5.73 Å². The van der Waals surface area contributed by atoms with Crippen molar-refractivity contribution in [3.63, 3.8) is 0 Å². The molecule has 3 heteroatoms. The number of pyridine rings is 1. The Morgan fingerprint density at radius 2 is 1.86 bits per heavy atom. The molecular weight excluding hydrogens is 260 g/mol. The van der Waals surface area contributed by atoms with Gasteiger partial charge in [0.1, 0.15) is 0 Å². The zero-order valence-corrected chi connectivity index (χ0v) is 12.8. The van der Waals surface area contributed by atoms with Crippen LogP contribution in [0.1, 0.15) is 36.1 Å². The van der Waals surface area contributed by atoms with Crippen LogP contribution >= 0.6 is 0 Å². The van der Waals surface area contributed by atoms with E-state index >= 15 is 0 Å². The fourth-order valence-electron chi connectivity index (χ4n) is 2.47. The molecule has 1 aromatic carbocycles. The van der Waals surface area contributed by atoms with Gasteiger partial charge in [-0.2, -0.15) is 0 Å². The summed E-state index contributed by atoms with van der Waals surface area (Å²) < 4.78 is 6.05. The second kappa shape index (κ2) is 7.91. The van der Waals surface area contributed by atoms with E-state index in [0.29, 0.717) is 6.61 Å². The van der Waals surface area contributed by atoms with E-state index in [-0.39, 0.29) is 12.1 Å². The Morgan fingerprint density at radius 3 is 2.52 bits per heavy atom. The highest BCUT2D eigenvalue weighted by molar-refractivity contribution is 5.28. The monoisotopic (exact) mass is 284 g/mol. The summed E-state index contributed by atoms with van der Waals surface area (Å²) in [5.41, 5.74) is 9.81. The highest BCUT2D eigenvalue weighted by atomic mass is 16.5. The van der Waals surface area contributed by atoms with Crippen molar-refractivity contribution in [1.82, 2.24) is 4.98 Å². The van der Waals surface area contributed by atoms with Gasteiger partial charge in [-0.3, -0.25) is 4.98 Å². The summed E-state index contributed by atoms with van der Waals surface area (Å²) in [7, 11) is 0. The van der Waals surface area contributed by atoms with Crippen LogP contribution in [0.5, 0.6) is 0 Å². The van der Waals surface area contributed by atoms with Gasteiger partial charge in [0.25, 0.3) is 0 Å². The van der Waals surface area contributed by atoms with Crippen molar-refractivity contribution >= 4 is 0 Å². The van der Waals surface area contributed by atoms with Crippen LogP contribution in [-0.4, -0.2) is 17.6 Å². The first-order chi connectivity index (χ1) is 10.2. The maximum absolute atomic E-state index is 6.10. The molecule has 21 heavy (non-hydrogen) atoms. The molecule has 0 aliphatic rings. The molecule has 0 radical (unpaired) electrons. The minimum absolute atomic E-state index is 0.0213. The van der Waals surface area contributed by atoms with E-state index in [1.807, 2.05) is 43.6 Å². The number of nitrogens with two attached hydrogens (primary N) is 1. The fourth-order valence-corrected chi connectivity index (χ4v) is 2.47. The molecule has 0 aliphatic carbocycles. The highest BCUT2D eigenvalue weighted by Crippen LogP contribution is 2.23. The molecule has 0 bridgehead atoms. The Bertz CT molecular complexity index is 540. The maximum Gasteiger partial charge on any atom is 0.0975 e. The molecule has 0 amide bonds. The number of benzene rings is 1. The molecule has 2 atom stereocenters. The van der Waals surface area contributed by atoms with Gasteiger partial charge in [0, 0.05) is 25.0 Å². The number of hydrogen-bond acceptors (Lipinski definition) is 3. The molecule has 2 N–H and O–H groups in total. The number of aromatic nitrogens is 1. The van der Waals surface area contributed by atoms with Crippen molar-refractivity contribution in [3.8, 4) is 0 Å². The summed E-state index contributed by atoms with van der Waals surface area (Å²) in [5.74, 6) is 0. The van der Waals surface area contributed by atoms with Gasteiger partial charge in [-0.05, 0) is 55.5 Å². The molecule has 2 unspecified atom stereocenters. The number of hydrogen-bond donors (Lipinski definition) is 1. The van der Waals surface area contributed by atoms with Gasteiger partial charge in [-0.15, -0.1) is 0 Å². The van der Waals surface area contributed by atoms with Crippen molar-refractivity contribution in [3.05, 3.63) is 65.5 Å². The summed E-state index contributed by atoms with van der Waals surface area (Å²) in [6, 6.07) is 12.4. The van der Waals surface area contributed by atoms with Gasteiger partial charge in [0.05, 0.1) is 6.10 Å². The van der Waals surface area contributed by atoms with Gasteiger partial charge in [-0.25, -0.2) is 0 Å². The second-order valence-corrected chi connectivity index (χ2v) is 5.47. The number of aryl methyl sites for hydroxylation is 2. The molecular formula is C18H24N2O. The first-order valence-electron chi connectivity index (χ1n) is 7.50. The molecule has 0 fully saturated rings. The number of ether oxygens (including phenoxy) is 1. The van der Waals surface area contributed by atoms with Crippen LogP contribution in [0.2, 0.25) is 0 Å². The molecule has 0 aliphatic heterocycles. The van der Waals surface area contributed by atoms with E-state index in [2.05, 4.69) is 24.0 Å². The zero-order valence-electron chi connectivity index (χ0n) is 12.8. The Hall–Kier alpha value is -1.71. The quantitative estimate of drug-likeness (QED) is 0.792. The van der Waals surface area contributed by atoms with Crippen molar-refractivity contribution in [2.45, 2.75) is 38.8 Å². The summed E-state index contributed by atoms with van der Waals surface area (Å²) in [6.07, 6.45) is 5.60. The standard InChI is InChI=1S/C18H24N2O/c1-14-6-3-4-8-17(14)18(15(2)19)21-13-5-7-16-9-11-20-12-10-16/h3-4,6,8-12,15,18H,5,7,13,19H2,1-2H3. The van der Waals surface area contributed by atoms with Crippen molar-refractivity contribution < 1.29 is 4.74 Å². The van der Waals surface area contributed by atoms with Gasteiger partial charge in [-0.1, -0.05) is 24.3 Å². The molecule has 2 aromatic rings. The molecule has 1 aromatic heterocycles. The largest absolute Gasteiger partial charge is 0.372 e. The van der Waals surface area contributed by atoms with Crippen molar-refractivity contribution in [1.29, 1.82) is 0 Å². The SMILES string of the molecule is Cc1ccccc1C(OCCCc1ccncc1)C(C)N. The van der Waals surface area contributed by atoms with Gasteiger partial charge in [0.2, 0.25) is 0 Å². The topological polar surface area (TPSA) is 48.1 Å². The zero-order chi connectivity index (χ0) is 15.1. The maximum atomic E-state index is 6.10. The van der Waals surface area contributed by atoms with E-state index in [9.17, 15) is 0 Å². The smallest absolute Gasteiger partial charge is 0.0975 e. The highest BCUT2D eigenvalue weighted by Gasteiger charge is 2.18. The molecule has 3 nitrogen and oxygen atoms in total. The summed E-state index contributed by atoms with van der Waals surface area (Å²) in [4.78, 5) is 4.03. The van der Waals surface area contributed by atoms with Gasteiger partial charge < -0.3 is 10.5 Å². The molecule has 2 rings (SSSR count). The lowest BCUT2D eigenvalue weighted by molar-refractivity contribution is 0.0366. The third kappa shape index (κ3) is 4.66. The van der Waals surface area contributed by atoms with Crippen LogP contribution in [-0.2, 0) is 11.2 Å². The van der Waals surface area contributed by atoms with E-state index in [4.69, 9.17) is 10.5 Å². The normalized spacial score (nSPS) is 13.9. The lowest BCUT2D eigenvalue weighted by Gasteiger charge is -2.23. The minimum atomic E-state index is -0.0383. The van der Waals surface area contributed by atoms with E-state index in [1.165, 1.54) is 16.7 Å². The molecule has 1 heterocycles. The Balaban J connectivity index is 1.88. The van der Waals surface area contributed by atoms with E-state index < -0.39 is 0 Å². The van der Waals surface area contributed by atoms with Crippen LogP contribution < -0.4 is 5.73 Å². The second-order valence-electron chi connectivity index (χ2n) is 5.47. The third-order valence-electron chi connectivity index (χ3n) is 3.63. The van der Waals surface area contributed by atoms with Crippen LogP contribution in [0, 0.1) is 6.92 Å². The molecule has 112 valence electrons. The van der Waals surface area contributed by atoms with E-state index in [1.54, 1.807) is 0 Å². The predicted molar refractivity (Wildman–Crippen MR) is 86.1 cm³/mol. The third-order valence-corrected chi connectivity index (χ3v) is 3.63. The van der Waals surface area contributed by atoms with Crippen molar-refractivity contribution in [2.75, 3.05) is 6.61 Å². The predicted octanol–water partition coefficient (Wildman–Crippen LogP) is 3.43. The van der Waals surface area contributed by atoms with Crippen LogP contribution in [0.25, 0.3) is 0 Å². The van der Waals surface area contributed by atoms with E-state index in [0.717, 1.165) is 12.8 Å². The Morgan fingerprint density at radius 1 is 1.14 bits per heavy atom. The van der Waals surface area contributed by atoms with Crippen LogP contribution in [0.3, 0.4) is 0 Å². The van der Waals surface area contributed by atoms with Crippen LogP contribution in [0.15, 0.2) is 48.8 Å².